The van der Waals surface area contributed by atoms with Gasteiger partial charge >= 0.3 is 0 Å². The summed E-state index contributed by atoms with van der Waals surface area (Å²) in [5, 5.41) is 2.45. The van der Waals surface area contributed by atoms with Crippen LogP contribution in [0, 0.1) is 0 Å². The molecular weight excluding hydrogens is 365 g/mol. The minimum atomic E-state index is -3.67. The molecule has 22 heavy (non-hydrogen) atoms. The van der Waals surface area contributed by atoms with Gasteiger partial charge in [0.15, 0.2) is 0 Å². The van der Waals surface area contributed by atoms with Crippen LogP contribution in [0.2, 0.25) is 10.0 Å². The highest BCUT2D eigenvalue weighted by Crippen LogP contribution is 2.27. The Balaban J connectivity index is 2.32. The molecule has 2 aromatic rings. The molecule has 0 radical (unpaired) electrons. The summed E-state index contributed by atoms with van der Waals surface area (Å²) in [6.07, 6.45) is 0. The molecule has 1 aromatic carbocycles. The highest BCUT2D eigenvalue weighted by molar-refractivity contribution is 7.89. The molecule has 2 rings (SSSR count). The molecule has 120 valence electrons. The van der Waals surface area contributed by atoms with Crippen molar-refractivity contribution in [1.29, 1.82) is 0 Å². The molecule has 0 aliphatic carbocycles. The molecule has 0 amide bonds. The van der Waals surface area contributed by atoms with Gasteiger partial charge in [-0.2, -0.15) is 4.31 Å². The zero-order valence-electron chi connectivity index (χ0n) is 11.8. The van der Waals surface area contributed by atoms with Crippen LogP contribution in [-0.4, -0.2) is 33.0 Å². The van der Waals surface area contributed by atoms with E-state index in [-0.39, 0.29) is 16.5 Å². The highest BCUT2D eigenvalue weighted by Gasteiger charge is 2.25. The summed E-state index contributed by atoms with van der Waals surface area (Å²) in [5.74, 6) is 0. The predicted octanol–water partition coefficient (Wildman–Crippen LogP) is 3.89. The molecule has 0 unspecified atom stereocenters. The van der Waals surface area contributed by atoms with E-state index in [1.54, 1.807) is 0 Å². The summed E-state index contributed by atoms with van der Waals surface area (Å²) >= 11 is 13.3. The number of methoxy groups -OCH3 is 1. The Labute approximate surface area is 144 Å². The fourth-order valence-electron chi connectivity index (χ4n) is 1.84. The van der Waals surface area contributed by atoms with Gasteiger partial charge in [0.1, 0.15) is 0 Å². The first-order valence-electron chi connectivity index (χ1n) is 6.41. The van der Waals surface area contributed by atoms with E-state index in [2.05, 4.69) is 0 Å². The van der Waals surface area contributed by atoms with Crippen molar-refractivity contribution in [1.82, 2.24) is 4.31 Å². The fourth-order valence-corrected chi connectivity index (χ4v) is 4.43. The van der Waals surface area contributed by atoms with E-state index in [0.717, 1.165) is 4.88 Å². The van der Waals surface area contributed by atoms with Crippen molar-refractivity contribution >= 4 is 44.6 Å². The average Bonchev–Trinajstić information content (AvgIpc) is 2.99. The van der Waals surface area contributed by atoms with Crippen molar-refractivity contribution < 1.29 is 13.2 Å². The Kier molecular flexibility index (Phi) is 6.26. The highest BCUT2D eigenvalue weighted by atomic mass is 35.5. The van der Waals surface area contributed by atoms with Crippen molar-refractivity contribution in [3.05, 3.63) is 50.6 Å². The summed E-state index contributed by atoms with van der Waals surface area (Å²) in [5.41, 5.74) is 0. The summed E-state index contributed by atoms with van der Waals surface area (Å²) < 4.78 is 32.0. The first kappa shape index (κ1) is 17.7. The Morgan fingerprint density at radius 1 is 1.23 bits per heavy atom. The summed E-state index contributed by atoms with van der Waals surface area (Å²) in [6.45, 7) is 0.868. The number of ether oxygens (including phenoxy) is 1. The van der Waals surface area contributed by atoms with Crippen LogP contribution in [0.5, 0.6) is 0 Å². The van der Waals surface area contributed by atoms with Crippen LogP contribution in [-0.2, 0) is 21.3 Å². The topological polar surface area (TPSA) is 46.6 Å². The lowest BCUT2D eigenvalue weighted by molar-refractivity contribution is 0.177. The van der Waals surface area contributed by atoms with Gasteiger partial charge in [-0.25, -0.2) is 8.42 Å². The Hall–Kier alpha value is -0.630. The van der Waals surface area contributed by atoms with Gasteiger partial charge < -0.3 is 4.74 Å². The van der Waals surface area contributed by atoms with Crippen molar-refractivity contribution in [2.45, 2.75) is 11.4 Å². The molecule has 1 heterocycles. The molecule has 0 N–H and O–H groups in total. The molecule has 8 heteroatoms. The first-order chi connectivity index (χ1) is 10.4. The maximum Gasteiger partial charge on any atom is 0.243 e. The monoisotopic (exact) mass is 379 g/mol. The van der Waals surface area contributed by atoms with Crippen LogP contribution in [0.3, 0.4) is 0 Å². The number of sulfonamides is 1. The van der Waals surface area contributed by atoms with Gasteiger partial charge in [0.05, 0.1) is 21.5 Å². The molecule has 0 aliphatic rings. The van der Waals surface area contributed by atoms with Crippen molar-refractivity contribution in [2.75, 3.05) is 20.3 Å². The van der Waals surface area contributed by atoms with E-state index < -0.39 is 10.0 Å². The molecule has 0 aliphatic heterocycles. The second kappa shape index (κ2) is 7.77. The lowest BCUT2D eigenvalue weighted by Gasteiger charge is -2.21. The van der Waals surface area contributed by atoms with Gasteiger partial charge in [0, 0.05) is 25.1 Å². The van der Waals surface area contributed by atoms with E-state index in [9.17, 15) is 8.42 Å². The van der Waals surface area contributed by atoms with Gasteiger partial charge in [0.25, 0.3) is 0 Å². The Morgan fingerprint density at radius 3 is 2.59 bits per heavy atom. The molecule has 0 spiro atoms. The van der Waals surface area contributed by atoms with Crippen LogP contribution < -0.4 is 0 Å². The zero-order valence-corrected chi connectivity index (χ0v) is 15.0. The van der Waals surface area contributed by atoms with E-state index in [1.165, 1.54) is 41.0 Å². The second-order valence-corrected chi connectivity index (χ2v) is 8.27. The number of rotatable bonds is 7. The van der Waals surface area contributed by atoms with Crippen molar-refractivity contribution in [2.24, 2.45) is 0 Å². The third kappa shape index (κ3) is 4.22. The third-order valence-corrected chi connectivity index (χ3v) is 6.43. The lowest BCUT2D eigenvalue weighted by Crippen LogP contribution is -2.33. The van der Waals surface area contributed by atoms with Crippen LogP contribution >= 0.6 is 34.5 Å². The van der Waals surface area contributed by atoms with Gasteiger partial charge in [-0.3, -0.25) is 0 Å². The Morgan fingerprint density at radius 2 is 2.00 bits per heavy atom. The second-order valence-electron chi connectivity index (χ2n) is 4.49. The number of nitrogens with zero attached hydrogens (tertiary/aromatic N) is 1. The number of thiophene rings is 1. The molecular formula is C14H15Cl2NO3S2. The van der Waals surface area contributed by atoms with Gasteiger partial charge in [-0.1, -0.05) is 29.3 Å². The fraction of sp³-hybridized carbons (Fsp3) is 0.286. The SMILES string of the molecule is COCCN(Cc1cccs1)S(=O)(=O)c1ccc(Cl)c(Cl)c1. The molecule has 0 fully saturated rings. The standard InChI is InChI=1S/C14H15Cl2NO3S2/c1-20-7-6-17(10-11-3-2-8-21-11)22(18,19)12-4-5-13(15)14(16)9-12/h2-5,8-9H,6-7,10H2,1H3. The quantitative estimate of drug-likeness (QED) is 0.732. The summed E-state index contributed by atoms with van der Waals surface area (Å²) in [4.78, 5) is 1.08. The van der Waals surface area contributed by atoms with Crippen LogP contribution in [0.15, 0.2) is 40.6 Å². The number of halogens is 2. The zero-order chi connectivity index (χ0) is 16.2. The number of hydrogen-bond donors (Lipinski definition) is 0. The number of benzene rings is 1. The lowest BCUT2D eigenvalue weighted by atomic mass is 10.4. The van der Waals surface area contributed by atoms with E-state index in [0.29, 0.717) is 18.2 Å². The van der Waals surface area contributed by atoms with E-state index in [4.69, 9.17) is 27.9 Å². The van der Waals surface area contributed by atoms with Crippen LogP contribution in [0.4, 0.5) is 0 Å². The Bertz CT molecular complexity index is 718. The van der Waals surface area contributed by atoms with Gasteiger partial charge in [-0.05, 0) is 29.6 Å². The predicted molar refractivity (Wildman–Crippen MR) is 90.3 cm³/mol. The molecule has 4 nitrogen and oxygen atoms in total. The van der Waals surface area contributed by atoms with Crippen molar-refractivity contribution in [3.8, 4) is 0 Å². The smallest absolute Gasteiger partial charge is 0.243 e. The summed E-state index contributed by atoms with van der Waals surface area (Å²) in [6, 6.07) is 8.09. The van der Waals surface area contributed by atoms with Gasteiger partial charge in [0.2, 0.25) is 10.0 Å². The molecule has 0 atom stereocenters. The maximum atomic E-state index is 12.8. The molecule has 0 saturated carbocycles. The normalized spacial score (nSPS) is 12.0. The minimum Gasteiger partial charge on any atom is -0.383 e. The molecule has 1 aromatic heterocycles. The summed E-state index contributed by atoms with van der Waals surface area (Å²) in [7, 11) is -2.13. The van der Waals surface area contributed by atoms with E-state index in [1.807, 2.05) is 17.5 Å². The maximum absolute atomic E-state index is 12.8. The largest absolute Gasteiger partial charge is 0.383 e. The van der Waals surface area contributed by atoms with Crippen molar-refractivity contribution in [3.63, 3.8) is 0 Å². The molecule has 0 saturated heterocycles. The van der Waals surface area contributed by atoms with E-state index >= 15 is 0 Å². The minimum absolute atomic E-state index is 0.120. The van der Waals surface area contributed by atoms with Crippen LogP contribution in [0.1, 0.15) is 4.88 Å². The molecule has 0 bridgehead atoms. The average molecular weight is 380 g/mol. The third-order valence-electron chi connectivity index (χ3n) is 2.99. The van der Waals surface area contributed by atoms with Crippen LogP contribution in [0.25, 0.3) is 0 Å². The van der Waals surface area contributed by atoms with Gasteiger partial charge in [-0.15, -0.1) is 11.3 Å². The number of hydrogen-bond acceptors (Lipinski definition) is 4. The first-order valence-corrected chi connectivity index (χ1v) is 9.49.